The average Bonchev–Trinajstić information content (AvgIpc) is 3.29. The molecule has 0 aromatic carbocycles. The van der Waals surface area contributed by atoms with Gasteiger partial charge in [0.05, 0.1) is 24.0 Å². The standard InChI is InChI=1S/C15H13N5OS2/c1-19(13-4-3-7-22-13)15-18-20-9-11(17-14(20)23-15)10-5-6-12(21-2)16-8-10/h3-9H,1-2H3. The number of pyridine rings is 1. The molecule has 4 rings (SSSR count). The molecule has 0 N–H and O–H groups in total. The van der Waals surface area contributed by atoms with E-state index in [9.17, 15) is 0 Å². The molecule has 0 radical (unpaired) electrons. The summed E-state index contributed by atoms with van der Waals surface area (Å²) >= 11 is 3.24. The monoisotopic (exact) mass is 343 g/mol. The van der Waals surface area contributed by atoms with Crippen LogP contribution in [-0.4, -0.2) is 33.7 Å². The van der Waals surface area contributed by atoms with Crippen LogP contribution in [0.5, 0.6) is 5.88 Å². The molecule has 116 valence electrons. The number of thiophene rings is 1. The van der Waals surface area contributed by atoms with Crippen LogP contribution >= 0.6 is 22.7 Å². The molecular weight excluding hydrogens is 330 g/mol. The van der Waals surface area contributed by atoms with Crippen LogP contribution in [0, 0.1) is 0 Å². The molecule has 0 unspecified atom stereocenters. The molecule has 0 aliphatic heterocycles. The first-order valence-electron chi connectivity index (χ1n) is 6.88. The van der Waals surface area contributed by atoms with Gasteiger partial charge in [-0.2, -0.15) is 0 Å². The maximum absolute atomic E-state index is 5.07. The Hall–Kier alpha value is -2.45. The highest BCUT2D eigenvalue weighted by Crippen LogP contribution is 2.32. The smallest absolute Gasteiger partial charge is 0.214 e. The molecule has 4 aromatic rings. The van der Waals surface area contributed by atoms with Crippen molar-refractivity contribution in [3.8, 4) is 17.1 Å². The van der Waals surface area contributed by atoms with Crippen molar-refractivity contribution in [3.05, 3.63) is 42.0 Å². The summed E-state index contributed by atoms with van der Waals surface area (Å²) in [6.07, 6.45) is 3.67. The van der Waals surface area contributed by atoms with Crippen molar-refractivity contribution in [3.63, 3.8) is 0 Å². The first-order chi connectivity index (χ1) is 11.2. The Kier molecular flexibility index (Phi) is 3.47. The highest BCUT2D eigenvalue weighted by molar-refractivity contribution is 7.21. The van der Waals surface area contributed by atoms with Gasteiger partial charge in [-0.1, -0.05) is 11.3 Å². The molecule has 0 aliphatic carbocycles. The summed E-state index contributed by atoms with van der Waals surface area (Å²) in [6.45, 7) is 0. The number of imidazole rings is 1. The van der Waals surface area contributed by atoms with Gasteiger partial charge in [0, 0.05) is 24.9 Å². The molecule has 0 aliphatic rings. The summed E-state index contributed by atoms with van der Waals surface area (Å²) in [5.74, 6) is 0.591. The van der Waals surface area contributed by atoms with Crippen molar-refractivity contribution in [1.82, 2.24) is 19.6 Å². The number of hydrogen-bond donors (Lipinski definition) is 0. The number of anilines is 2. The van der Waals surface area contributed by atoms with Gasteiger partial charge in [-0.15, -0.1) is 16.4 Å². The van der Waals surface area contributed by atoms with E-state index in [4.69, 9.17) is 4.74 Å². The molecule has 0 fully saturated rings. The number of methoxy groups -OCH3 is 1. The minimum atomic E-state index is 0.591. The van der Waals surface area contributed by atoms with Gasteiger partial charge in [-0.3, -0.25) is 0 Å². The second kappa shape index (κ2) is 5.64. The lowest BCUT2D eigenvalue weighted by Gasteiger charge is -2.11. The third-order valence-corrected chi connectivity index (χ3v) is 5.34. The summed E-state index contributed by atoms with van der Waals surface area (Å²) in [7, 11) is 3.61. The summed E-state index contributed by atoms with van der Waals surface area (Å²) in [6, 6.07) is 7.87. The van der Waals surface area contributed by atoms with Gasteiger partial charge in [0.2, 0.25) is 16.0 Å². The van der Waals surface area contributed by atoms with Crippen LogP contribution < -0.4 is 9.64 Å². The SMILES string of the molecule is COc1ccc(-c2cn3nc(N(C)c4cccs4)sc3n2)cn1. The number of fused-ring (bicyclic) bond motifs is 1. The average molecular weight is 343 g/mol. The van der Waals surface area contributed by atoms with Crippen molar-refractivity contribution in [2.45, 2.75) is 0 Å². The van der Waals surface area contributed by atoms with E-state index in [0.29, 0.717) is 5.88 Å². The molecule has 6 nitrogen and oxygen atoms in total. The number of ether oxygens (including phenoxy) is 1. The van der Waals surface area contributed by atoms with E-state index < -0.39 is 0 Å². The highest BCUT2D eigenvalue weighted by atomic mass is 32.1. The first kappa shape index (κ1) is 14.2. The molecule has 0 saturated heterocycles. The van der Waals surface area contributed by atoms with Gasteiger partial charge < -0.3 is 9.64 Å². The van der Waals surface area contributed by atoms with Gasteiger partial charge in [-0.05, 0) is 23.6 Å². The topological polar surface area (TPSA) is 55.6 Å². The van der Waals surface area contributed by atoms with Crippen LogP contribution in [0.3, 0.4) is 0 Å². The van der Waals surface area contributed by atoms with Crippen molar-refractivity contribution < 1.29 is 4.74 Å². The second-order valence-electron chi connectivity index (χ2n) is 4.84. The normalized spacial score (nSPS) is 11.0. The summed E-state index contributed by atoms with van der Waals surface area (Å²) < 4.78 is 6.88. The lowest BCUT2D eigenvalue weighted by atomic mass is 10.2. The number of rotatable bonds is 4. The largest absolute Gasteiger partial charge is 0.481 e. The van der Waals surface area contributed by atoms with E-state index in [0.717, 1.165) is 26.4 Å². The van der Waals surface area contributed by atoms with Crippen molar-refractivity contribution in [2.75, 3.05) is 19.1 Å². The Morgan fingerprint density at radius 3 is 2.83 bits per heavy atom. The fourth-order valence-electron chi connectivity index (χ4n) is 2.17. The molecular formula is C15H13N5OS2. The highest BCUT2D eigenvalue weighted by Gasteiger charge is 2.14. The van der Waals surface area contributed by atoms with Gasteiger partial charge in [0.15, 0.2) is 0 Å². The van der Waals surface area contributed by atoms with E-state index in [-0.39, 0.29) is 0 Å². The predicted molar refractivity (Wildman–Crippen MR) is 93.0 cm³/mol. The van der Waals surface area contributed by atoms with Crippen molar-refractivity contribution in [1.29, 1.82) is 0 Å². The fraction of sp³-hybridized carbons (Fsp3) is 0.133. The third kappa shape index (κ3) is 2.55. The number of nitrogens with zero attached hydrogens (tertiary/aromatic N) is 5. The predicted octanol–water partition coefficient (Wildman–Crippen LogP) is 3.69. The van der Waals surface area contributed by atoms with Crippen molar-refractivity contribution in [2.24, 2.45) is 0 Å². The first-order valence-corrected chi connectivity index (χ1v) is 8.58. The van der Waals surface area contributed by atoms with Gasteiger partial charge >= 0.3 is 0 Å². The Bertz CT molecular complexity index is 895. The Morgan fingerprint density at radius 2 is 2.17 bits per heavy atom. The maximum Gasteiger partial charge on any atom is 0.214 e. The molecule has 0 atom stereocenters. The van der Waals surface area contributed by atoms with Crippen LogP contribution in [0.1, 0.15) is 0 Å². The summed E-state index contributed by atoms with van der Waals surface area (Å²) in [4.78, 5) is 11.8. The zero-order valence-electron chi connectivity index (χ0n) is 12.5. The van der Waals surface area contributed by atoms with E-state index >= 15 is 0 Å². The fourth-order valence-corrected chi connectivity index (χ4v) is 3.79. The molecule has 0 spiro atoms. The zero-order chi connectivity index (χ0) is 15.8. The van der Waals surface area contributed by atoms with Gasteiger partial charge in [-0.25, -0.2) is 14.5 Å². The molecule has 23 heavy (non-hydrogen) atoms. The zero-order valence-corrected chi connectivity index (χ0v) is 14.1. The van der Waals surface area contributed by atoms with Crippen LogP contribution in [0.4, 0.5) is 10.1 Å². The van der Waals surface area contributed by atoms with E-state index in [1.54, 1.807) is 36.0 Å². The molecule has 4 heterocycles. The van der Waals surface area contributed by atoms with E-state index in [2.05, 4.69) is 31.4 Å². The number of aromatic nitrogens is 4. The maximum atomic E-state index is 5.07. The van der Waals surface area contributed by atoms with E-state index in [1.807, 2.05) is 36.0 Å². The van der Waals surface area contributed by atoms with Gasteiger partial charge in [0.25, 0.3) is 0 Å². The Balaban J connectivity index is 1.66. The molecule has 0 saturated carbocycles. The molecule has 8 heteroatoms. The quantitative estimate of drug-likeness (QED) is 0.566. The molecule has 0 bridgehead atoms. The third-order valence-electron chi connectivity index (χ3n) is 3.40. The minimum Gasteiger partial charge on any atom is -0.481 e. The van der Waals surface area contributed by atoms with Crippen LogP contribution in [-0.2, 0) is 0 Å². The van der Waals surface area contributed by atoms with Crippen LogP contribution in [0.2, 0.25) is 0 Å². The van der Waals surface area contributed by atoms with Crippen molar-refractivity contribution >= 4 is 37.8 Å². The summed E-state index contributed by atoms with van der Waals surface area (Å²) in [5.41, 5.74) is 1.79. The van der Waals surface area contributed by atoms with E-state index in [1.165, 1.54) is 0 Å². The van der Waals surface area contributed by atoms with Crippen LogP contribution in [0.15, 0.2) is 42.0 Å². The second-order valence-corrected chi connectivity index (χ2v) is 6.70. The van der Waals surface area contributed by atoms with Gasteiger partial charge in [0.1, 0.15) is 0 Å². The Labute approximate surface area is 140 Å². The minimum absolute atomic E-state index is 0.591. The Morgan fingerprint density at radius 1 is 1.26 bits per heavy atom. The molecule has 0 amide bonds. The number of hydrogen-bond acceptors (Lipinski definition) is 7. The lowest BCUT2D eigenvalue weighted by molar-refractivity contribution is 0.398. The van der Waals surface area contributed by atoms with Crippen LogP contribution in [0.25, 0.3) is 16.2 Å². The lowest BCUT2D eigenvalue weighted by Crippen LogP contribution is -2.07. The molecule has 4 aromatic heterocycles. The summed E-state index contributed by atoms with van der Waals surface area (Å²) in [5, 5.41) is 8.73.